The Morgan fingerprint density at radius 3 is 2.86 bits per heavy atom. The molecule has 0 spiro atoms. The minimum absolute atomic E-state index is 0.00285. The van der Waals surface area contributed by atoms with E-state index in [0.717, 1.165) is 67.0 Å². The van der Waals surface area contributed by atoms with Crippen molar-refractivity contribution in [1.82, 2.24) is 19.8 Å². The Morgan fingerprint density at radius 1 is 1.31 bits per heavy atom. The van der Waals surface area contributed by atoms with Crippen LogP contribution in [0.3, 0.4) is 0 Å². The number of fused-ring (bicyclic) bond motifs is 3. The van der Waals surface area contributed by atoms with Gasteiger partial charge in [0.2, 0.25) is 5.91 Å². The van der Waals surface area contributed by atoms with Crippen molar-refractivity contribution in [3.05, 3.63) is 26.6 Å². The Kier molecular flexibility index (Phi) is 6.61. The molecule has 29 heavy (non-hydrogen) atoms. The minimum atomic E-state index is 0.00285. The third kappa shape index (κ3) is 4.70. The van der Waals surface area contributed by atoms with Crippen molar-refractivity contribution in [3.63, 3.8) is 0 Å². The zero-order chi connectivity index (χ0) is 20.4. The van der Waals surface area contributed by atoms with Crippen LogP contribution in [0.1, 0.15) is 48.4 Å². The van der Waals surface area contributed by atoms with Gasteiger partial charge in [-0.25, -0.2) is 4.98 Å². The van der Waals surface area contributed by atoms with Crippen molar-refractivity contribution in [2.75, 3.05) is 32.9 Å². The molecule has 2 aliphatic rings. The topological polar surface area (TPSA) is 69.3 Å². The van der Waals surface area contributed by atoms with Crippen molar-refractivity contribution in [2.45, 2.75) is 56.7 Å². The predicted octanol–water partition coefficient (Wildman–Crippen LogP) is 3.04. The van der Waals surface area contributed by atoms with E-state index in [1.807, 2.05) is 11.9 Å². The average Bonchev–Trinajstić information content (AvgIpc) is 3.10. The van der Waals surface area contributed by atoms with Crippen molar-refractivity contribution >= 4 is 39.2 Å². The molecule has 1 aliphatic heterocycles. The zero-order valence-electron chi connectivity index (χ0n) is 17.3. The zero-order valence-corrected chi connectivity index (χ0v) is 19.0. The molecular weight excluding hydrogens is 404 g/mol. The number of thioether (sulfide) groups is 1. The molecule has 1 fully saturated rings. The van der Waals surface area contributed by atoms with E-state index < -0.39 is 0 Å². The van der Waals surface area contributed by atoms with Gasteiger partial charge in [0.1, 0.15) is 10.7 Å². The van der Waals surface area contributed by atoms with Gasteiger partial charge in [-0.2, -0.15) is 11.8 Å². The lowest BCUT2D eigenvalue weighted by atomic mass is 9.97. The molecule has 1 aliphatic carbocycles. The highest BCUT2D eigenvalue weighted by Gasteiger charge is 2.24. The number of amides is 1. The number of nitrogens with one attached hydrogen (secondary N) is 1. The molecule has 0 atom stereocenters. The van der Waals surface area contributed by atoms with E-state index in [1.165, 1.54) is 16.9 Å². The molecule has 1 N–H and O–H groups in total. The monoisotopic (exact) mass is 434 g/mol. The summed E-state index contributed by atoms with van der Waals surface area (Å²) in [5.41, 5.74) is 1.23. The lowest BCUT2D eigenvalue weighted by Crippen LogP contribution is -2.44. The van der Waals surface area contributed by atoms with E-state index in [9.17, 15) is 9.59 Å². The quantitative estimate of drug-likeness (QED) is 0.708. The largest absolute Gasteiger partial charge is 0.343 e. The summed E-state index contributed by atoms with van der Waals surface area (Å²) in [7, 11) is 4.07. The fourth-order valence-corrected chi connectivity index (χ4v) is 6.44. The highest BCUT2D eigenvalue weighted by molar-refractivity contribution is 7.98. The molecule has 4 rings (SSSR count). The van der Waals surface area contributed by atoms with E-state index in [2.05, 4.69) is 16.9 Å². The van der Waals surface area contributed by atoms with Crippen molar-refractivity contribution in [3.8, 4) is 0 Å². The highest BCUT2D eigenvalue weighted by atomic mass is 32.2. The number of aromatic nitrogens is 2. The van der Waals surface area contributed by atoms with E-state index in [1.54, 1.807) is 23.1 Å². The van der Waals surface area contributed by atoms with Crippen LogP contribution in [0.4, 0.5) is 0 Å². The number of piperidine rings is 1. The van der Waals surface area contributed by atoms with Gasteiger partial charge in [0.15, 0.2) is 0 Å². The number of aryl methyl sites for hydroxylation is 2. The molecule has 0 radical (unpaired) electrons. The van der Waals surface area contributed by atoms with Gasteiger partial charge < -0.3 is 14.8 Å². The van der Waals surface area contributed by atoms with Crippen LogP contribution >= 0.6 is 23.1 Å². The summed E-state index contributed by atoms with van der Waals surface area (Å²) in [5, 5.41) is 0.813. The van der Waals surface area contributed by atoms with Crippen molar-refractivity contribution in [2.24, 2.45) is 0 Å². The van der Waals surface area contributed by atoms with Gasteiger partial charge in [0, 0.05) is 30.1 Å². The number of carbonyl (C=O) groups is 1. The van der Waals surface area contributed by atoms with Gasteiger partial charge in [-0.05, 0) is 64.2 Å². The summed E-state index contributed by atoms with van der Waals surface area (Å²) in [6.07, 6.45) is 7.10. The van der Waals surface area contributed by atoms with Gasteiger partial charge in [-0.3, -0.25) is 9.59 Å². The van der Waals surface area contributed by atoms with Crippen LogP contribution in [-0.4, -0.2) is 64.7 Å². The van der Waals surface area contributed by atoms with Crippen LogP contribution in [0.25, 0.3) is 10.2 Å². The molecule has 0 saturated carbocycles. The summed E-state index contributed by atoms with van der Waals surface area (Å²) in [6.45, 7) is 2.12. The van der Waals surface area contributed by atoms with Crippen LogP contribution in [0.2, 0.25) is 0 Å². The van der Waals surface area contributed by atoms with Gasteiger partial charge in [-0.1, -0.05) is 0 Å². The molecule has 1 amide bonds. The number of nitrogens with zero attached hydrogens (tertiary/aromatic N) is 3. The summed E-state index contributed by atoms with van der Waals surface area (Å²) >= 11 is 3.35. The molecule has 2 aromatic rings. The maximum atomic E-state index is 12.6. The molecular formula is C21H30N4O2S2. The lowest BCUT2D eigenvalue weighted by Gasteiger charge is -2.35. The number of likely N-dealkylation sites (tertiary alicyclic amines) is 1. The molecule has 0 unspecified atom stereocenters. The van der Waals surface area contributed by atoms with E-state index in [-0.39, 0.29) is 11.5 Å². The van der Waals surface area contributed by atoms with Crippen LogP contribution in [-0.2, 0) is 23.4 Å². The van der Waals surface area contributed by atoms with Gasteiger partial charge in [0.05, 0.1) is 11.1 Å². The summed E-state index contributed by atoms with van der Waals surface area (Å²) in [4.78, 5) is 39.3. The SMILES string of the molecule is CN1CCC(N(C)C(=O)CCSCc2nc3sc4c(c3c(=O)[nH]2)CCCC4)CC1. The molecule has 2 aromatic heterocycles. The first-order valence-electron chi connectivity index (χ1n) is 10.6. The standard InChI is InChI=1S/C21H30N4O2S2/c1-24-10-7-14(8-11-24)25(2)18(26)9-12-28-13-17-22-20(27)19-15-5-3-4-6-16(15)29-21(19)23-17/h14H,3-13H2,1-2H3,(H,22,23,27). The lowest BCUT2D eigenvalue weighted by molar-refractivity contribution is -0.132. The predicted molar refractivity (Wildman–Crippen MR) is 121 cm³/mol. The van der Waals surface area contributed by atoms with Crippen molar-refractivity contribution < 1.29 is 4.79 Å². The normalized spacial score (nSPS) is 18.1. The fourth-order valence-electron chi connectivity index (χ4n) is 4.37. The number of hydrogen-bond donors (Lipinski definition) is 1. The number of aromatic amines is 1. The maximum absolute atomic E-state index is 12.6. The Morgan fingerprint density at radius 2 is 2.07 bits per heavy atom. The van der Waals surface area contributed by atoms with Crippen molar-refractivity contribution in [1.29, 1.82) is 0 Å². The van der Waals surface area contributed by atoms with E-state index >= 15 is 0 Å². The number of hydrogen-bond acceptors (Lipinski definition) is 6. The summed E-state index contributed by atoms with van der Waals surface area (Å²) in [5.74, 6) is 2.33. The van der Waals surface area contributed by atoms with E-state index in [4.69, 9.17) is 4.98 Å². The first kappa shape index (κ1) is 20.9. The summed E-state index contributed by atoms with van der Waals surface area (Å²) in [6, 6.07) is 0.369. The van der Waals surface area contributed by atoms with Gasteiger partial charge >= 0.3 is 0 Å². The Bertz CT molecular complexity index is 931. The molecule has 1 saturated heterocycles. The first-order chi connectivity index (χ1) is 14.0. The van der Waals surface area contributed by atoms with Crippen LogP contribution in [0.15, 0.2) is 4.79 Å². The smallest absolute Gasteiger partial charge is 0.259 e. The second-order valence-electron chi connectivity index (χ2n) is 8.25. The van der Waals surface area contributed by atoms with Crippen LogP contribution in [0.5, 0.6) is 0 Å². The van der Waals surface area contributed by atoms with Gasteiger partial charge in [0.25, 0.3) is 5.56 Å². The summed E-state index contributed by atoms with van der Waals surface area (Å²) < 4.78 is 0. The highest BCUT2D eigenvalue weighted by Crippen LogP contribution is 2.33. The second kappa shape index (κ2) is 9.18. The van der Waals surface area contributed by atoms with Gasteiger partial charge in [-0.15, -0.1) is 11.3 Å². The number of rotatable bonds is 6. The Balaban J connectivity index is 1.30. The number of thiophene rings is 1. The third-order valence-electron chi connectivity index (χ3n) is 6.20. The minimum Gasteiger partial charge on any atom is -0.343 e. The van der Waals surface area contributed by atoms with Crippen LogP contribution < -0.4 is 5.56 Å². The van der Waals surface area contributed by atoms with E-state index in [0.29, 0.717) is 18.2 Å². The molecule has 3 heterocycles. The molecule has 8 heteroatoms. The second-order valence-corrected chi connectivity index (χ2v) is 10.4. The molecule has 6 nitrogen and oxygen atoms in total. The molecule has 0 bridgehead atoms. The first-order valence-corrected chi connectivity index (χ1v) is 12.6. The Labute approximate surface area is 180 Å². The molecule has 158 valence electrons. The fraction of sp³-hybridized carbons (Fsp3) is 0.667. The number of H-pyrrole nitrogens is 1. The third-order valence-corrected chi connectivity index (χ3v) is 8.36. The average molecular weight is 435 g/mol. The van der Waals surface area contributed by atoms with Crippen LogP contribution in [0, 0.1) is 0 Å². The maximum Gasteiger partial charge on any atom is 0.259 e. The Hall–Kier alpha value is -1.38. The number of carbonyl (C=O) groups excluding carboxylic acids is 1. The molecule has 0 aromatic carbocycles.